The van der Waals surface area contributed by atoms with Gasteiger partial charge >= 0.3 is 12.3 Å². The van der Waals surface area contributed by atoms with Crippen LogP contribution in [0.4, 0.5) is 18.0 Å². The average molecular weight is 374 g/mol. The molecule has 0 atom stereocenters. The van der Waals surface area contributed by atoms with Crippen LogP contribution in [0.3, 0.4) is 0 Å². The predicted molar refractivity (Wildman–Crippen MR) is 92.8 cm³/mol. The number of nitrogens with zero attached hydrogens (tertiary/aromatic N) is 2. The molecule has 0 unspecified atom stereocenters. The summed E-state index contributed by atoms with van der Waals surface area (Å²) in [6.45, 7) is 8.52. The van der Waals surface area contributed by atoms with Gasteiger partial charge in [-0.05, 0) is 40.2 Å². The maximum atomic E-state index is 13.3. The lowest BCUT2D eigenvalue weighted by Gasteiger charge is -2.27. The number of allylic oxidation sites excluding steroid dienone is 1. The van der Waals surface area contributed by atoms with Crippen LogP contribution in [-0.2, 0) is 10.9 Å². The van der Waals surface area contributed by atoms with Gasteiger partial charge in [0.15, 0.2) is 0 Å². The first-order valence-electron chi connectivity index (χ1n) is 8.11. The topological polar surface area (TPSA) is 51.7 Å². The Bertz CT molecular complexity index is 692. The fourth-order valence-electron chi connectivity index (χ4n) is 2.25. The number of hydrogen-bond donors (Lipinski definition) is 0. The summed E-state index contributed by atoms with van der Waals surface area (Å²) in [4.78, 5) is 17.5. The molecule has 0 aromatic carbocycles. The van der Waals surface area contributed by atoms with E-state index in [0.717, 1.165) is 13.2 Å². The lowest BCUT2D eigenvalue weighted by Crippen LogP contribution is -2.33. The highest BCUT2D eigenvalue weighted by atomic mass is 19.4. The number of aryl methyl sites for hydroxylation is 1. The van der Waals surface area contributed by atoms with Crippen molar-refractivity contribution in [2.75, 3.05) is 14.2 Å². The highest BCUT2D eigenvalue weighted by molar-refractivity contribution is 5.82. The Kier molecular flexibility index (Phi) is 6.68. The molecule has 146 valence electrons. The fraction of sp³-hybridized carbons (Fsp3) is 0.556. The lowest BCUT2D eigenvalue weighted by molar-refractivity contribution is -0.139. The first-order chi connectivity index (χ1) is 11.8. The zero-order chi connectivity index (χ0) is 20.3. The van der Waals surface area contributed by atoms with E-state index in [0.29, 0.717) is 17.8 Å². The van der Waals surface area contributed by atoms with Crippen LogP contribution in [0.15, 0.2) is 12.1 Å². The second-order valence-corrected chi connectivity index (χ2v) is 6.71. The number of ether oxygens (including phenoxy) is 2. The molecule has 1 amide bonds. The molecule has 1 heterocycles. The van der Waals surface area contributed by atoms with Crippen LogP contribution in [0.5, 0.6) is 5.88 Å². The first kappa shape index (κ1) is 21.8. The molecule has 0 saturated heterocycles. The number of rotatable bonds is 4. The molecule has 26 heavy (non-hydrogen) atoms. The molecule has 8 heteroatoms. The molecular formula is C18H25F3N2O3. The van der Waals surface area contributed by atoms with E-state index in [-0.39, 0.29) is 5.56 Å². The highest BCUT2D eigenvalue weighted by Gasteiger charge is 2.37. The smallest absolute Gasteiger partial charge is 0.421 e. The predicted octanol–water partition coefficient (Wildman–Crippen LogP) is 5.04. The zero-order valence-corrected chi connectivity index (χ0v) is 16.1. The third-order valence-electron chi connectivity index (χ3n) is 3.38. The maximum absolute atomic E-state index is 13.3. The number of aromatic nitrogens is 1. The summed E-state index contributed by atoms with van der Waals surface area (Å²) in [6, 6.07) is 0.948. The summed E-state index contributed by atoms with van der Waals surface area (Å²) in [5, 5.41) is 0. The van der Waals surface area contributed by atoms with Crippen LogP contribution >= 0.6 is 0 Å². The van der Waals surface area contributed by atoms with E-state index >= 15 is 0 Å². The molecule has 0 radical (unpaired) electrons. The number of methoxy groups -OCH3 is 1. The fourth-order valence-corrected chi connectivity index (χ4v) is 2.25. The van der Waals surface area contributed by atoms with Gasteiger partial charge in [-0.1, -0.05) is 13.0 Å². The van der Waals surface area contributed by atoms with E-state index in [2.05, 4.69) is 4.98 Å². The van der Waals surface area contributed by atoms with Crippen LogP contribution in [-0.4, -0.2) is 35.7 Å². The van der Waals surface area contributed by atoms with Gasteiger partial charge in [0.1, 0.15) is 11.2 Å². The molecule has 5 nitrogen and oxygen atoms in total. The molecular weight excluding hydrogens is 349 g/mol. The number of hydrogen-bond acceptors (Lipinski definition) is 4. The van der Waals surface area contributed by atoms with Crippen molar-refractivity contribution in [2.45, 2.75) is 52.8 Å². The number of halogens is 3. The van der Waals surface area contributed by atoms with Crippen LogP contribution < -0.4 is 4.74 Å². The number of alkyl halides is 3. The molecule has 0 aliphatic carbocycles. The van der Waals surface area contributed by atoms with E-state index in [1.165, 1.54) is 11.9 Å². The van der Waals surface area contributed by atoms with Gasteiger partial charge in [0.25, 0.3) is 0 Å². The van der Waals surface area contributed by atoms with Gasteiger partial charge in [0.2, 0.25) is 5.88 Å². The van der Waals surface area contributed by atoms with Gasteiger partial charge in [-0.25, -0.2) is 9.78 Å². The third-order valence-corrected chi connectivity index (χ3v) is 3.38. The van der Waals surface area contributed by atoms with E-state index in [9.17, 15) is 18.0 Å². The molecule has 0 saturated carbocycles. The second-order valence-electron chi connectivity index (χ2n) is 6.71. The SMILES string of the molecule is CC/C=C(/c1cc(C(F)(F)F)c(OC)nc1C)N(C)C(=O)OC(C)(C)C. The Morgan fingerprint density at radius 2 is 1.88 bits per heavy atom. The monoisotopic (exact) mass is 374 g/mol. The van der Waals surface area contributed by atoms with E-state index in [4.69, 9.17) is 9.47 Å². The van der Waals surface area contributed by atoms with Gasteiger partial charge in [0, 0.05) is 12.6 Å². The van der Waals surface area contributed by atoms with Gasteiger partial charge in [0.05, 0.1) is 18.5 Å². The highest BCUT2D eigenvalue weighted by Crippen LogP contribution is 2.38. The quantitative estimate of drug-likeness (QED) is 0.741. The molecule has 0 bridgehead atoms. The minimum absolute atomic E-state index is 0.188. The summed E-state index contributed by atoms with van der Waals surface area (Å²) in [5.41, 5.74) is -0.939. The second kappa shape index (κ2) is 7.97. The van der Waals surface area contributed by atoms with E-state index in [1.807, 2.05) is 6.92 Å². The van der Waals surface area contributed by atoms with Crippen molar-refractivity contribution in [2.24, 2.45) is 0 Å². The Balaban J connectivity index is 3.47. The molecule has 0 aliphatic heterocycles. The molecule has 1 aromatic heterocycles. The molecule has 0 aliphatic rings. The van der Waals surface area contributed by atoms with Crippen molar-refractivity contribution in [3.63, 3.8) is 0 Å². The zero-order valence-electron chi connectivity index (χ0n) is 16.1. The normalized spacial score (nSPS) is 12.8. The van der Waals surface area contributed by atoms with Gasteiger partial charge in [-0.15, -0.1) is 0 Å². The van der Waals surface area contributed by atoms with Gasteiger partial charge in [-0.2, -0.15) is 13.2 Å². The summed E-state index contributed by atoms with van der Waals surface area (Å²) in [7, 11) is 2.58. The van der Waals surface area contributed by atoms with Gasteiger partial charge in [-0.3, -0.25) is 4.90 Å². The van der Waals surface area contributed by atoms with Gasteiger partial charge < -0.3 is 9.47 Å². The lowest BCUT2D eigenvalue weighted by atomic mass is 10.1. The van der Waals surface area contributed by atoms with Crippen molar-refractivity contribution >= 4 is 11.8 Å². The van der Waals surface area contributed by atoms with Crippen molar-refractivity contribution in [1.82, 2.24) is 9.88 Å². The van der Waals surface area contributed by atoms with E-state index < -0.39 is 29.3 Å². The minimum atomic E-state index is -4.64. The molecule has 1 aromatic rings. The van der Waals surface area contributed by atoms with Crippen LogP contribution in [0.1, 0.15) is 50.9 Å². The summed E-state index contributed by atoms with van der Waals surface area (Å²) in [5.74, 6) is -0.505. The van der Waals surface area contributed by atoms with Crippen molar-refractivity contribution in [3.05, 3.63) is 29.0 Å². The van der Waals surface area contributed by atoms with Crippen molar-refractivity contribution < 1.29 is 27.4 Å². The standard InChI is InChI=1S/C18H25F3N2O3/c1-8-9-14(23(6)16(24)26-17(3,4)5)12-10-13(18(19,20)21)15(25-7)22-11(12)2/h9-10H,8H2,1-7H3/b14-9-. The number of carbonyl (C=O) groups is 1. The number of amides is 1. The maximum Gasteiger partial charge on any atom is 0.421 e. The molecule has 0 fully saturated rings. The van der Waals surface area contributed by atoms with Crippen LogP contribution in [0.2, 0.25) is 0 Å². The van der Waals surface area contributed by atoms with Crippen molar-refractivity contribution in [1.29, 1.82) is 0 Å². The summed E-state index contributed by atoms with van der Waals surface area (Å²) in [6.07, 6.45) is -3.14. The third kappa shape index (κ3) is 5.37. The van der Waals surface area contributed by atoms with Crippen LogP contribution in [0.25, 0.3) is 5.70 Å². The number of pyridine rings is 1. The van der Waals surface area contributed by atoms with Crippen LogP contribution in [0, 0.1) is 6.92 Å². The molecule has 0 spiro atoms. The Morgan fingerprint density at radius 1 is 1.31 bits per heavy atom. The summed E-state index contributed by atoms with van der Waals surface area (Å²) >= 11 is 0. The summed E-state index contributed by atoms with van der Waals surface area (Å²) < 4.78 is 50.1. The Labute approximate surface area is 151 Å². The number of carbonyl (C=O) groups excluding carboxylic acids is 1. The van der Waals surface area contributed by atoms with Crippen molar-refractivity contribution in [3.8, 4) is 5.88 Å². The van der Waals surface area contributed by atoms with E-state index in [1.54, 1.807) is 33.8 Å². The largest absolute Gasteiger partial charge is 0.481 e. The Hall–Kier alpha value is -2.25. The Morgan fingerprint density at radius 3 is 2.31 bits per heavy atom. The average Bonchev–Trinajstić information content (AvgIpc) is 2.49. The first-order valence-corrected chi connectivity index (χ1v) is 8.11. The molecule has 0 N–H and O–H groups in total. The minimum Gasteiger partial charge on any atom is -0.481 e. The molecule has 1 rings (SSSR count).